The van der Waals surface area contributed by atoms with Crippen molar-refractivity contribution in [3.05, 3.63) is 34.3 Å². The van der Waals surface area contributed by atoms with Gasteiger partial charge in [0, 0.05) is 4.47 Å². The Morgan fingerprint density at radius 1 is 1.37 bits per heavy atom. The highest BCUT2D eigenvalue weighted by atomic mass is 79.9. The molecule has 1 aromatic rings. The first-order valence-corrected chi connectivity index (χ1v) is 6.72. The molecule has 0 spiro atoms. The van der Waals surface area contributed by atoms with Gasteiger partial charge in [0.25, 0.3) is 5.91 Å². The number of benzene rings is 1. The number of hydrogen-bond donors (Lipinski definition) is 1. The summed E-state index contributed by atoms with van der Waals surface area (Å²) >= 11 is 3.33. The molecule has 0 saturated carbocycles. The molecule has 3 amide bonds. The lowest BCUT2D eigenvalue weighted by Crippen LogP contribution is -2.42. The smallest absolute Gasteiger partial charge is 0.322 e. The molecule has 0 bridgehead atoms. The van der Waals surface area contributed by atoms with Gasteiger partial charge in [0.2, 0.25) is 0 Å². The van der Waals surface area contributed by atoms with E-state index in [2.05, 4.69) is 26.3 Å². The van der Waals surface area contributed by atoms with Crippen LogP contribution in [0, 0.1) is 0 Å². The normalized spacial score (nSPS) is 23.2. The van der Waals surface area contributed by atoms with E-state index in [1.165, 1.54) is 6.21 Å². The molecular weight excluding hydrogens is 310 g/mol. The van der Waals surface area contributed by atoms with Crippen LogP contribution in [0.25, 0.3) is 0 Å². The lowest BCUT2D eigenvalue weighted by Gasteiger charge is -2.17. The number of imide groups is 1. The van der Waals surface area contributed by atoms with E-state index >= 15 is 0 Å². The molecule has 0 unspecified atom stereocenters. The number of urea groups is 1. The lowest BCUT2D eigenvalue weighted by atomic mass is 10.00. The Bertz CT molecular complexity index is 541. The average Bonchev–Trinajstić information content (AvgIpc) is 2.61. The average molecular weight is 324 g/mol. The van der Waals surface area contributed by atoms with Crippen molar-refractivity contribution in [1.82, 2.24) is 10.3 Å². The zero-order valence-electron chi connectivity index (χ0n) is 10.7. The van der Waals surface area contributed by atoms with Gasteiger partial charge in [-0.3, -0.25) is 4.79 Å². The molecule has 100 valence electrons. The summed E-state index contributed by atoms with van der Waals surface area (Å²) in [5.41, 5.74) is -0.0392. The summed E-state index contributed by atoms with van der Waals surface area (Å²) in [4.78, 5) is 23.8. The van der Waals surface area contributed by atoms with Gasteiger partial charge < -0.3 is 5.32 Å². The molecule has 0 aliphatic carbocycles. The van der Waals surface area contributed by atoms with Gasteiger partial charge in [0.15, 0.2) is 0 Å². The van der Waals surface area contributed by atoms with Crippen LogP contribution in [0.1, 0.15) is 25.8 Å². The molecule has 19 heavy (non-hydrogen) atoms. The number of nitrogens with one attached hydrogen (secondary N) is 1. The van der Waals surface area contributed by atoms with Gasteiger partial charge in [-0.25, -0.2) is 4.79 Å². The van der Waals surface area contributed by atoms with Gasteiger partial charge in [-0.05, 0) is 31.0 Å². The van der Waals surface area contributed by atoms with Crippen molar-refractivity contribution in [2.75, 3.05) is 0 Å². The first kappa shape index (κ1) is 13.7. The predicted molar refractivity (Wildman–Crippen MR) is 75.8 cm³/mol. The second-order valence-electron chi connectivity index (χ2n) is 4.53. The van der Waals surface area contributed by atoms with Gasteiger partial charge in [-0.15, -0.1) is 5.01 Å². The quantitative estimate of drug-likeness (QED) is 0.686. The fourth-order valence-corrected chi connectivity index (χ4v) is 1.95. The Morgan fingerprint density at radius 3 is 2.53 bits per heavy atom. The van der Waals surface area contributed by atoms with Gasteiger partial charge >= 0.3 is 6.03 Å². The maximum Gasteiger partial charge on any atom is 0.346 e. The van der Waals surface area contributed by atoms with E-state index in [0.29, 0.717) is 6.42 Å². The molecule has 1 aliphatic heterocycles. The summed E-state index contributed by atoms with van der Waals surface area (Å²) < 4.78 is 0.957. The predicted octanol–water partition coefficient (Wildman–Crippen LogP) is 2.50. The van der Waals surface area contributed by atoms with Crippen molar-refractivity contribution >= 4 is 34.1 Å². The third kappa shape index (κ3) is 2.68. The van der Waals surface area contributed by atoms with E-state index in [-0.39, 0.29) is 5.91 Å². The lowest BCUT2D eigenvalue weighted by molar-refractivity contribution is -0.130. The Kier molecular flexibility index (Phi) is 3.71. The van der Waals surface area contributed by atoms with Crippen LogP contribution in [0.5, 0.6) is 0 Å². The third-order valence-corrected chi connectivity index (χ3v) is 3.67. The van der Waals surface area contributed by atoms with E-state index in [1.54, 1.807) is 6.92 Å². The highest BCUT2D eigenvalue weighted by molar-refractivity contribution is 9.10. The van der Waals surface area contributed by atoms with Crippen LogP contribution in [0.15, 0.2) is 33.8 Å². The molecule has 0 aromatic heterocycles. The number of hydrazone groups is 1. The zero-order chi connectivity index (χ0) is 14.0. The van der Waals surface area contributed by atoms with E-state index in [4.69, 9.17) is 0 Å². The van der Waals surface area contributed by atoms with E-state index in [9.17, 15) is 9.59 Å². The number of rotatable bonds is 3. The number of amides is 3. The molecular formula is C13H14BrN3O2. The molecule has 1 saturated heterocycles. The topological polar surface area (TPSA) is 61.8 Å². The fourth-order valence-electron chi connectivity index (χ4n) is 1.69. The fraction of sp³-hybridized carbons (Fsp3) is 0.308. The first-order valence-electron chi connectivity index (χ1n) is 5.92. The van der Waals surface area contributed by atoms with E-state index in [1.807, 2.05) is 31.2 Å². The van der Waals surface area contributed by atoms with Gasteiger partial charge in [-0.1, -0.05) is 35.0 Å². The highest BCUT2D eigenvalue weighted by Crippen LogP contribution is 2.20. The van der Waals surface area contributed by atoms with Gasteiger partial charge in [-0.2, -0.15) is 5.10 Å². The second kappa shape index (κ2) is 5.13. The molecule has 1 N–H and O–H groups in total. The Labute approximate surface area is 119 Å². The Hall–Kier alpha value is -1.69. The standard InChI is InChI=1S/C13H14BrN3O2/c1-3-13(2)11(18)17(12(19)16-13)15-8-9-4-6-10(14)7-5-9/h4-8H,3H2,1-2H3,(H,16,19)/b15-8-/t13-/m0/s1. The Morgan fingerprint density at radius 2 is 2.00 bits per heavy atom. The molecule has 6 heteroatoms. The summed E-state index contributed by atoms with van der Waals surface area (Å²) in [6.07, 6.45) is 2.02. The third-order valence-electron chi connectivity index (χ3n) is 3.14. The summed E-state index contributed by atoms with van der Waals surface area (Å²) in [7, 11) is 0. The van der Waals surface area contributed by atoms with Crippen molar-refractivity contribution in [3.8, 4) is 0 Å². The van der Waals surface area contributed by atoms with Crippen LogP contribution in [-0.4, -0.2) is 28.7 Å². The first-order chi connectivity index (χ1) is 8.96. The van der Waals surface area contributed by atoms with Crippen molar-refractivity contribution in [2.45, 2.75) is 25.8 Å². The number of carbonyl (C=O) groups excluding carboxylic acids is 2. The molecule has 1 aliphatic rings. The van der Waals surface area contributed by atoms with E-state index in [0.717, 1.165) is 15.0 Å². The summed E-state index contributed by atoms with van der Waals surface area (Å²) in [6.45, 7) is 3.54. The Balaban J connectivity index is 2.17. The summed E-state index contributed by atoms with van der Waals surface area (Å²) in [6, 6.07) is 6.92. The number of hydrogen-bond acceptors (Lipinski definition) is 3. The monoisotopic (exact) mass is 323 g/mol. The van der Waals surface area contributed by atoms with Crippen molar-refractivity contribution in [3.63, 3.8) is 0 Å². The van der Waals surface area contributed by atoms with Crippen molar-refractivity contribution < 1.29 is 9.59 Å². The highest BCUT2D eigenvalue weighted by Gasteiger charge is 2.46. The SMILES string of the molecule is CC[C@]1(C)NC(=O)N(/N=C\c2ccc(Br)cc2)C1=O. The van der Waals surface area contributed by atoms with Gasteiger partial charge in [0.1, 0.15) is 5.54 Å². The number of nitrogens with zero attached hydrogens (tertiary/aromatic N) is 2. The van der Waals surface area contributed by atoms with Gasteiger partial charge in [0.05, 0.1) is 6.21 Å². The number of halogens is 1. The molecule has 1 atom stereocenters. The van der Waals surface area contributed by atoms with E-state index < -0.39 is 11.6 Å². The van der Waals surface area contributed by atoms with Crippen molar-refractivity contribution in [1.29, 1.82) is 0 Å². The minimum Gasteiger partial charge on any atom is -0.322 e. The number of carbonyl (C=O) groups is 2. The summed E-state index contributed by atoms with van der Waals surface area (Å²) in [5, 5.41) is 7.48. The maximum atomic E-state index is 12.1. The van der Waals surface area contributed by atoms with Crippen LogP contribution >= 0.6 is 15.9 Å². The molecule has 5 nitrogen and oxygen atoms in total. The van der Waals surface area contributed by atoms with Crippen molar-refractivity contribution in [2.24, 2.45) is 5.10 Å². The van der Waals surface area contributed by atoms with Crippen LogP contribution in [0.2, 0.25) is 0 Å². The minimum absolute atomic E-state index is 0.326. The minimum atomic E-state index is -0.853. The van der Waals surface area contributed by atoms with Crippen LogP contribution < -0.4 is 5.32 Å². The van der Waals surface area contributed by atoms with Crippen LogP contribution in [-0.2, 0) is 4.79 Å². The van der Waals surface area contributed by atoms with Crippen LogP contribution in [0.4, 0.5) is 4.79 Å². The largest absolute Gasteiger partial charge is 0.346 e. The second-order valence-corrected chi connectivity index (χ2v) is 5.44. The zero-order valence-corrected chi connectivity index (χ0v) is 12.3. The molecule has 0 radical (unpaired) electrons. The van der Waals surface area contributed by atoms with Crippen LogP contribution in [0.3, 0.4) is 0 Å². The molecule has 2 rings (SSSR count). The summed E-state index contributed by atoms with van der Waals surface area (Å²) in [5.74, 6) is -0.326. The molecule has 1 aromatic carbocycles. The molecule has 1 fully saturated rings. The maximum absolute atomic E-state index is 12.1. The molecule has 1 heterocycles.